The summed E-state index contributed by atoms with van der Waals surface area (Å²) in [7, 11) is 0. The Labute approximate surface area is 98.7 Å². The van der Waals surface area contributed by atoms with E-state index in [9.17, 15) is 4.79 Å². The van der Waals surface area contributed by atoms with Crippen LogP contribution in [0.2, 0.25) is 0 Å². The first-order chi connectivity index (χ1) is 8.15. The quantitative estimate of drug-likeness (QED) is 0.852. The first kappa shape index (κ1) is 11.3. The Morgan fingerprint density at radius 2 is 2.24 bits per heavy atom. The van der Waals surface area contributed by atoms with Crippen LogP contribution in [-0.2, 0) is 11.3 Å². The summed E-state index contributed by atoms with van der Waals surface area (Å²) in [6.45, 7) is 4.07. The second-order valence-corrected chi connectivity index (χ2v) is 3.77. The Balaban J connectivity index is 1.98. The smallest absolute Gasteiger partial charge is 0.246 e. The van der Waals surface area contributed by atoms with Gasteiger partial charge in [0.15, 0.2) is 0 Å². The number of nitrogens with zero attached hydrogens (tertiary/aromatic N) is 4. The maximum Gasteiger partial charge on any atom is 0.246 e. The minimum atomic E-state index is -0.138. The lowest BCUT2D eigenvalue weighted by Gasteiger charge is -2.03. The summed E-state index contributed by atoms with van der Waals surface area (Å²) in [6, 6.07) is 1.69. The van der Waals surface area contributed by atoms with Crippen LogP contribution < -0.4 is 5.32 Å². The minimum Gasteiger partial charge on any atom is -0.323 e. The van der Waals surface area contributed by atoms with Crippen molar-refractivity contribution in [1.29, 1.82) is 0 Å². The number of aryl methyl sites for hydroxylation is 2. The lowest BCUT2D eigenvalue weighted by atomic mass is 10.3. The Morgan fingerprint density at radius 3 is 2.82 bits per heavy atom. The molecule has 88 valence electrons. The van der Waals surface area contributed by atoms with Gasteiger partial charge in [0.2, 0.25) is 5.91 Å². The van der Waals surface area contributed by atoms with Crippen molar-refractivity contribution in [2.45, 2.75) is 20.4 Å². The van der Waals surface area contributed by atoms with Crippen LogP contribution in [0.4, 0.5) is 5.69 Å². The summed E-state index contributed by atoms with van der Waals surface area (Å²) in [5, 5.41) is 14.2. The maximum atomic E-state index is 11.7. The summed E-state index contributed by atoms with van der Waals surface area (Å²) in [6.07, 6.45) is 4.87. The summed E-state index contributed by atoms with van der Waals surface area (Å²) >= 11 is 0. The SMILES string of the molecule is Cc1cn(CC(=O)Nc2ccnnc2)nc1C. The molecule has 6 heteroatoms. The van der Waals surface area contributed by atoms with E-state index in [2.05, 4.69) is 20.6 Å². The number of amides is 1. The van der Waals surface area contributed by atoms with E-state index in [4.69, 9.17) is 0 Å². The van der Waals surface area contributed by atoms with Gasteiger partial charge in [0.05, 0.1) is 23.8 Å². The number of rotatable bonds is 3. The average molecular weight is 231 g/mol. The third kappa shape index (κ3) is 2.87. The molecule has 0 fully saturated rings. The molecule has 0 aromatic carbocycles. The van der Waals surface area contributed by atoms with Gasteiger partial charge in [-0.05, 0) is 25.5 Å². The van der Waals surface area contributed by atoms with Crippen LogP contribution in [0.25, 0.3) is 0 Å². The number of nitrogens with one attached hydrogen (secondary N) is 1. The van der Waals surface area contributed by atoms with E-state index in [0.29, 0.717) is 5.69 Å². The molecule has 1 N–H and O–H groups in total. The van der Waals surface area contributed by atoms with Crippen molar-refractivity contribution in [3.8, 4) is 0 Å². The summed E-state index contributed by atoms with van der Waals surface area (Å²) < 4.78 is 1.62. The molecule has 6 nitrogen and oxygen atoms in total. The van der Waals surface area contributed by atoms with E-state index >= 15 is 0 Å². The fourth-order valence-corrected chi connectivity index (χ4v) is 1.41. The van der Waals surface area contributed by atoms with Gasteiger partial charge in [-0.3, -0.25) is 9.48 Å². The molecule has 0 saturated carbocycles. The van der Waals surface area contributed by atoms with Gasteiger partial charge in [0, 0.05) is 6.20 Å². The second-order valence-electron chi connectivity index (χ2n) is 3.77. The van der Waals surface area contributed by atoms with Crippen molar-refractivity contribution in [2.75, 3.05) is 5.32 Å². The molecule has 0 atom stereocenters. The normalized spacial score (nSPS) is 10.2. The van der Waals surface area contributed by atoms with Crippen molar-refractivity contribution in [3.05, 3.63) is 35.9 Å². The molecule has 0 saturated heterocycles. The highest BCUT2D eigenvalue weighted by atomic mass is 16.2. The molecule has 2 aromatic rings. The minimum absolute atomic E-state index is 0.138. The zero-order valence-electron chi connectivity index (χ0n) is 9.71. The van der Waals surface area contributed by atoms with E-state index in [-0.39, 0.29) is 12.5 Å². The fourth-order valence-electron chi connectivity index (χ4n) is 1.41. The number of hydrogen-bond donors (Lipinski definition) is 1. The van der Waals surface area contributed by atoms with E-state index in [1.165, 1.54) is 12.4 Å². The van der Waals surface area contributed by atoms with Crippen LogP contribution in [0.15, 0.2) is 24.7 Å². The molecule has 0 bridgehead atoms. The molecule has 0 aliphatic heterocycles. The maximum absolute atomic E-state index is 11.7. The number of aromatic nitrogens is 4. The summed E-state index contributed by atoms with van der Waals surface area (Å²) in [5.41, 5.74) is 2.64. The van der Waals surface area contributed by atoms with Crippen LogP contribution in [0.3, 0.4) is 0 Å². The zero-order valence-corrected chi connectivity index (χ0v) is 9.71. The Kier molecular flexibility index (Phi) is 3.13. The molecular weight excluding hydrogens is 218 g/mol. The molecule has 17 heavy (non-hydrogen) atoms. The topological polar surface area (TPSA) is 72.7 Å². The van der Waals surface area contributed by atoms with Crippen LogP contribution >= 0.6 is 0 Å². The Bertz CT molecular complexity index is 500. The molecule has 2 heterocycles. The molecule has 0 spiro atoms. The molecule has 2 aromatic heterocycles. The standard InChI is InChI=1S/C11H13N5O/c1-8-6-16(15-9(8)2)7-11(17)14-10-3-4-12-13-5-10/h3-6H,7H2,1-2H3,(H,12,14,17). The second kappa shape index (κ2) is 4.73. The monoisotopic (exact) mass is 231 g/mol. The third-order valence-electron chi connectivity index (χ3n) is 2.37. The number of hydrogen-bond acceptors (Lipinski definition) is 4. The Hall–Kier alpha value is -2.24. The Morgan fingerprint density at radius 1 is 1.41 bits per heavy atom. The zero-order chi connectivity index (χ0) is 12.3. The van der Waals surface area contributed by atoms with Crippen molar-refractivity contribution in [2.24, 2.45) is 0 Å². The first-order valence-corrected chi connectivity index (χ1v) is 5.22. The van der Waals surface area contributed by atoms with Gasteiger partial charge in [0.25, 0.3) is 0 Å². The summed E-state index contributed by atoms with van der Waals surface area (Å²) in [5.74, 6) is -0.138. The predicted octanol–water partition coefficient (Wildman–Crippen LogP) is 0.929. The fraction of sp³-hybridized carbons (Fsp3) is 0.273. The van der Waals surface area contributed by atoms with Crippen molar-refractivity contribution < 1.29 is 4.79 Å². The van der Waals surface area contributed by atoms with Crippen LogP contribution in [-0.4, -0.2) is 25.9 Å². The molecule has 0 aliphatic carbocycles. The van der Waals surface area contributed by atoms with Gasteiger partial charge in [-0.2, -0.15) is 15.3 Å². The third-order valence-corrected chi connectivity index (χ3v) is 2.37. The van der Waals surface area contributed by atoms with Crippen LogP contribution in [0, 0.1) is 13.8 Å². The van der Waals surface area contributed by atoms with Crippen LogP contribution in [0.1, 0.15) is 11.3 Å². The highest BCUT2D eigenvalue weighted by Crippen LogP contribution is 2.04. The largest absolute Gasteiger partial charge is 0.323 e. The van der Waals surface area contributed by atoms with E-state index in [1.807, 2.05) is 20.0 Å². The molecule has 1 amide bonds. The lowest BCUT2D eigenvalue weighted by Crippen LogP contribution is -2.19. The number of carbonyl (C=O) groups is 1. The number of carbonyl (C=O) groups excluding carboxylic acids is 1. The lowest BCUT2D eigenvalue weighted by molar-refractivity contribution is -0.116. The highest BCUT2D eigenvalue weighted by molar-refractivity contribution is 5.90. The molecule has 2 rings (SSSR count). The highest BCUT2D eigenvalue weighted by Gasteiger charge is 2.06. The van der Waals surface area contributed by atoms with E-state index < -0.39 is 0 Å². The van der Waals surface area contributed by atoms with Crippen molar-refractivity contribution in [1.82, 2.24) is 20.0 Å². The van der Waals surface area contributed by atoms with Crippen molar-refractivity contribution >= 4 is 11.6 Å². The molecule has 0 aliphatic rings. The predicted molar refractivity (Wildman–Crippen MR) is 62.4 cm³/mol. The van der Waals surface area contributed by atoms with Gasteiger partial charge >= 0.3 is 0 Å². The first-order valence-electron chi connectivity index (χ1n) is 5.22. The van der Waals surface area contributed by atoms with E-state index in [0.717, 1.165) is 11.3 Å². The van der Waals surface area contributed by atoms with Gasteiger partial charge in [-0.15, -0.1) is 0 Å². The van der Waals surface area contributed by atoms with Gasteiger partial charge in [-0.25, -0.2) is 0 Å². The molecule has 0 radical (unpaired) electrons. The molecular formula is C11H13N5O. The van der Waals surface area contributed by atoms with Gasteiger partial charge in [0.1, 0.15) is 6.54 Å². The average Bonchev–Trinajstić information content (AvgIpc) is 2.59. The van der Waals surface area contributed by atoms with Gasteiger partial charge in [-0.1, -0.05) is 0 Å². The van der Waals surface area contributed by atoms with E-state index in [1.54, 1.807) is 10.7 Å². The summed E-state index contributed by atoms with van der Waals surface area (Å²) in [4.78, 5) is 11.7. The van der Waals surface area contributed by atoms with Crippen molar-refractivity contribution in [3.63, 3.8) is 0 Å². The number of anilines is 1. The van der Waals surface area contributed by atoms with Gasteiger partial charge < -0.3 is 5.32 Å². The van der Waals surface area contributed by atoms with Crippen LogP contribution in [0.5, 0.6) is 0 Å². The molecule has 0 unspecified atom stereocenters.